The van der Waals surface area contributed by atoms with E-state index in [9.17, 15) is 0 Å². The third-order valence-corrected chi connectivity index (χ3v) is 3.57. The summed E-state index contributed by atoms with van der Waals surface area (Å²) in [4.78, 5) is 0. The highest BCUT2D eigenvalue weighted by atomic mass is 32.1. The highest BCUT2D eigenvalue weighted by molar-refractivity contribution is 7.81. The monoisotopic (exact) mass is 224 g/mol. The van der Waals surface area contributed by atoms with E-state index in [4.69, 9.17) is 0 Å². The normalized spacial score (nSPS) is 32.3. The van der Waals surface area contributed by atoms with Crippen molar-refractivity contribution in [3.63, 3.8) is 0 Å². The van der Waals surface area contributed by atoms with Crippen LogP contribution in [0.15, 0.2) is 24.3 Å². The van der Waals surface area contributed by atoms with E-state index in [-0.39, 0.29) is 0 Å². The van der Waals surface area contributed by atoms with Gasteiger partial charge in [0.25, 0.3) is 0 Å². The molecule has 1 heteroatoms. The number of rotatable bonds is 2. The van der Waals surface area contributed by atoms with Gasteiger partial charge in [-0.2, -0.15) is 12.6 Å². The summed E-state index contributed by atoms with van der Waals surface area (Å²) in [6, 6.07) is 0. The summed E-state index contributed by atoms with van der Waals surface area (Å²) < 4.78 is 0. The second-order valence-corrected chi connectivity index (χ2v) is 6.65. The van der Waals surface area contributed by atoms with E-state index in [2.05, 4.69) is 59.1 Å². The zero-order valence-corrected chi connectivity index (χ0v) is 11.3. The predicted molar refractivity (Wildman–Crippen MR) is 72.4 cm³/mol. The van der Waals surface area contributed by atoms with Crippen molar-refractivity contribution in [1.82, 2.24) is 0 Å². The van der Waals surface area contributed by atoms with Crippen LogP contribution in [0.5, 0.6) is 0 Å². The van der Waals surface area contributed by atoms with E-state index in [1.807, 2.05) is 0 Å². The molecule has 0 heterocycles. The predicted octanol–water partition coefficient (Wildman–Crippen LogP) is 4.49. The highest BCUT2D eigenvalue weighted by Gasteiger charge is 2.30. The summed E-state index contributed by atoms with van der Waals surface area (Å²) in [7, 11) is 0. The molecule has 0 aromatic rings. The smallest absolute Gasteiger partial charge is 0.0205 e. The molecule has 0 aromatic carbocycles. The lowest BCUT2D eigenvalue weighted by atomic mass is 9.71. The molecule has 0 spiro atoms. The molecule has 0 amide bonds. The van der Waals surface area contributed by atoms with Crippen LogP contribution in [-0.4, -0.2) is 5.25 Å². The quantitative estimate of drug-likeness (QED) is 0.518. The lowest BCUT2D eigenvalue weighted by Gasteiger charge is -2.36. The van der Waals surface area contributed by atoms with Crippen molar-refractivity contribution < 1.29 is 0 Å². The molecule has 1 rings (SSSR count). The number of allylic oxidation sites excluding steroid dienone is 2. The molecule has 1 aliphatic rings. The van der Waals surface area contributed by atoms with E-state index < -0.39 is 0 Å². The average molecular weight is 224 g/mol. The van der Waals surface area contributed by atoms with E-state index in [1.165, 1.54) is 12.0 Å². The van der Waals surface area contributed by atoms with Crippen molar-refractivity contribution in [1.29, 1.82) is 0 Å². The van der Waals surface area contributed by atoms with Crippen LogP contribution in [0, 0.1) is 17.3 Å². The molecule has 0 aromatic heterocycles. The van der Waals surface area contributed by atoms with Crippen LogP contribution in [0.1, 0.15) is 40.5 Å². The van der Waals surface area contributed by atoms with Gasteiger partial charge in [-0.05, 0) is 37.0 Å². The van der Waals surface area contributed by atoms with Crippen LogP contribution >= 0.6 is 12.6 Å². The topological polar surface area (TPSA) is 0 Å². The van der Waals surface area contributed by atoms with Gasteiger partial charge in [0.2, 0.25) is 0 Å². The van der Waals surface area contributed by atoms with Gasteiger partial charge in [-0.15, -0.1) is 6.58 Å². The molecule has 0 saturated heterocycles. The van der Waals surface area contributed by atoms with Gasteiger partial charge in [0.1, 0.15) is 0 Å². The van der Waals surface area contributed by atoms with Crippen molar-refractivity contribution in [2.45, 2.75) is 45.8 Å². The van der Waals surface area contributed by atoms with E-state index in [0.717, 1.165) is 6.42 Å². The van der Waals surface area contributed by atoms with Gasteiger partial charge in [0.05, 0.1) is 0 Å². The van der Waals surface area contributed by atoms with Crippen molar-refractivity contribution in [3.05, 3.63) is 24.3 Å². The van der Waals surface area contributed by atoms with Gasteiger partial charge < -0.3 is 0 Å². The van der Waals surface area contributed by atoms with Crippen LogP contribution in [0.3, 0.4) is 0 Å². The molecule has 3 unspecified atom stereocenters. The van der Waals surface area contributed by atoms with Crippen LogP contribution < -0.4 is 0 Å². The van der Waals surface area contributed by atoms with Gasteiger partial charge in [-0.1, -0.05) is 38.5 Å². The Balaban J connectivity index is 2.83. The Bertz CT molecular complexity index is 257. The number of thiol groups is 1. The Morgan fingerprint density at radius 1 is 1.53 bits per heavy atom. The van der Waals surface area contributed by atoms with Gasteiger partial charge in [-0.3, -0.25) is 0 Å². The first-order valence-corrected chi connectivity index (χ1v) is 6.34. The first-order valence-electron chi connectivity index (χ1n) is 5.82. The van der Waals surface area contributed by atoms with Gasteiger partial charge >= 0.3 is 0 Å². The first kappa shape index (κ1) is 12.9. The Morgan fingerprint density at radius 3 is 2.60 bits per heavy atom. The zero-order valence-electron chi connectivity index (χ0n) is 10.5. The van der Waals surface area contributed by atoms with Crippen LogP contribution in [-0.2, 0) is 0 Å². The average Bonchev–Trinajstić information content (AvgIpc) is 2.07. The minimum atomic E-state index is 0.393. The molecule has 3 atom stereocenters. The molecule has 0 fully saturated rings. The Morgan fingerprint density at radius 2 is 2.13 bits per heavy atom. The maximum atomic E-state index is 4.56. The van der Waals surface area contributed by atoms with Crippen LogP contribution in [0.2, 0.25) is 0 Å². The second kappa shape index (κ2) is 4.78. The fourth-order valence-corrected chi connectivity index (χ4v) is 2.99. The molecule has 0 saturated carbocycles. The van der Waals surface area contributed by atoms with Crippen molar-refractivity contribution >= 4 is 12.6 Å². The molecule has 0 aliphatic heterocycles. The molecular formula is C14H24S. The fraction of sp³-hybridized carbons (Fsp3) is 0.714. The van der Waals surface area contributed by atoms with E-state index in [1.54, 1.807) is 0 Å². The zero-order chi connectivity index (χ0) is 11.6. The van der Waals surface area contributed by atoms with Gasteiger partial charge in [-0.25, -0.2) is 0 Å². The highest BCUT2D eigenvalue weighted by Crippen LogP contribution is 2.40. The minimum Gasteiger partial charge on any atom is -0.172 e. The summed E-state index contributed by atoms with van der Waals surface area (Å²) in [5.41, 5.74) is 1.89. The Labute approximate surface area is 100 Å². The molecule has 0 bridgehead atoms. The van der Waals surface area contributed by atoms with E-state index in [0.29, 0.717) is 22.5 Å². The SMILES string of the molecule is C=CC1CC(S)C=C(C)C1CC(C)(C)C. The standard InChI is InChI=1S/C14H24S/c1-6-11-8-12(15)7-10(2)13(11)9-14(3,4)5/h6-7,11-13,15H,1,8-9H2,2-5H3. The fourth-order valence-electron chi connectivity index (χ4n) is 2.51. The molecule has 1 aliphatic carbocycles. The number of hydrogen-bond acceptors (Lipinski definition) is 1. The Hall–Kier alpha value is -0.170. The molecule has 86 valence electrons. The van der Waals surface area contributed by atoms with Crippen molar-refractivity contribution in [2.24, 2.45) is 17.3 Å². The lowest BCUT2D eigenvalue weighted by Crippen LogP contribution is -2.26. The minimum absolute atomic E-state index is 0.393. The summed E-state index contributed by atoms with van der Waals surface area (Å²) in [5, 5.41) is 0.421. The third kappa shape index (κ3) is 3.71. The van der Waals surface area contributed by atoms with Crippen molar-refractivity contribution in [2.75, 3.05) is 0 Å². The van der Waals surface area contributed by atoms with Crippen LogP contribution in [0.25, 0.3) is 0 Å². The largest absolute Gasteiger partial charge is 0.172 e. The second-order valence-electron chi connectivity index (χ2n) is 5.98. The molecule has 0 N–H and O–H groups in total. The molecular weight excluding hydrogens is 200 g/mol. The molecule has 15 heavy (non-hydrogen) atoms. The summed E-state index contributed by atoms with van der Waals surface area (Å²) in [5.74, 6) is 1.28. The van der Waals surface area contributed by atoms with Gasteiger partial charge in [0, 0.05) is 5.25 Å². The molecule has 0 radical (unpaired) electrons. The maximum absolute atomic E-state index is 4.56. The summed E-state index contributed by atoms with van der Waals surface area (Å²) in [6.45, 7) is 13.2. The Kier molecular flexibility index (Phi) is 4.11. The third-order valence-electron chi connectivity index (χ3n) is 3.21. The lowest BCUT2D eigenvalue weighted by molar-refractivity contribution is 0.264. The van der Waals surface area contributed by atoms with Crippen LogP contribution in [0.4, 0.5) is 0 Å². The first-order chi connectivity index (χ1) is 6.83. The summed E-state index contributed by atoms with van der Waals surface area (Å²) in [6.07, 6.45) is 6.83. The summed E-state index contributed by atoms with van der Waals surface area (Å²) >= 11 is 4.56. The molecule has 0 nitrogen and oxygen atoms in total. The van der Waals surface area contributed by atoms with Gasteiger partial charge in [0.15, 0.2) is 0 Å². The number of hydrogen-bond donors (Lipinski definition) is 1. The maximum Gasteiger partial charge on any atom is 0.0205 e. The van der Waals surface area contributed by atoms with E-state index >= 15 is 0 Å². The van der Waals surface area contributed by atoms with Crippen molar-refractivity contribution in [3.8, 4) is 0 Å².